The third-order valence-electron chi connectivity index (χ3n) is 3.21. The normalized spacial score (nSPS) is 10.8. The van der Waals surface area contributed by atoms with E-state index in [0.717, 1.165) is 11.3 Å². The van der Waals surface area contributed by atoms with E-state index in [1.807, 2.05) is 43.3 Å². The quantitative estimate of drug-likeness (QED) is 0.435. The lowest BCUT2D eigenvalue weighted by Crippen LogP contribution is -2.24. The Bertz CT molecular complexity index is 769. The van der Waals surface area contributed by atoms with Gasteiger partial charge in [0.15, 0.2) is 0 Å². The van der Waals surface area contributed by atoms with Crippen LogP contribution in [0.1, 0.15) is 18.9 Å². The van der Waals surface area contributed by atoms with Crippen LogP contribution in [0, 0.1) is 0 Å². The van der Waals surface area contributed by atoms with Crippen molar-refractivity contribution in [3.8, 4) is 5.75 Å². The van der Waals surface area contributed by atoms with Gasteiger partial charge >= 0.3 is 0 Å². The van der Waals surface area contributed by atoms with Crippen molar-refractivity contribution in [3.05, 3.63) is 66.2 Å². The van der Waals surface area contributed by atoms with Gasteiger partial charge < -0.3 is 10.1 Å². The van der Waals surface area contributed by atoms with E-state index in [1.54, 1.807) is 30.3 Å². The molecule has 0 aliphatic carbocycles. The van der Waals surface area contributed by atoms with E-state index in [2.05, 4.69) is 15.8 Å². The highest BCUT2D eigenvalue weighted by Crippen LogP contribution is 2.15. The standard InChI is InChI=1S/C20H21N3O3/c1-2-26-18-12-10-17(11-13-18)22-19(24)15-20(25)23-21-14-6-9-16-7-4-3-5-8-16/h3-14H,2,15H2,1H3,(H,22,24)(H,23,25). The first-order chi connectivity index (χ1) is 12.7. The summed E-state index contributed by atoms with van der Waals surface area (Å²) < 4.78 is 5.32. The van der Waals surface area contributed by atoms with Gasteiger partial charge in [0.05, 0.1) is 6.61 Å². The van der Waals surface area contributed by atoms with Crippen LogP contribution in [0.15, 0.2) is 65.8 Å². The summed E-state index contributed by atoms with van der Waals surface area (Å²) in [7, 11) is 0. The molecule has 2 aromatic rings. The predicted molar refractivity (Wildman–Crippen MR) is 103 cm³/mol. The Morgan fingerprint density at radius 1 is 1.04 bits per heavy atom. The van der Waals surface area contributed by atoms with Crippen molar-refractivity contribution in [2.75, 3.05) is 11.9 Å². The van der Waals surface area contributed by atoms with Gasteiger partial charge in [0, 0.05) is 11.9 Å². The summed E-state index contributed by atoms with van der Waals surface area (Å²) in [6.07, 6.45) is 4.70. The average Bonchev–Trinajstić information content (AvgIpc) is 2.64. The first kappa shape index (κ1) is 18.9. The molecule has 0 radical (unpaired) electrons. The second-order valence-corrected chi connectivity index (χ2v) is 5.27. The molecule has 0 aliphatic heterocycles. The smallest absolute Gasteiger partial charge is 0.249 e. The van der Waals surface area contributed by atoms with Crippen LogP contribution in [-0.4, -0.2) is 24.6 Å². The van der Waals surface area contributed by atoms with Crippen molar-refractivity contribution in [1.82, 2.24) is 5.43 Å². The van der Waals surface area contributed by atoms with Gasteiger partial charge in [-0.05, 0) is 42.8 Å². The zero-order valence-electron chi connectivity index (χ0n) is 14.5. The molecule has 2 rings (SSSR count). The molecule has 0 aromatic heterocycles. The lowest BCUT2D eigenvalue weighted by Gasteiger charge is -2.06. The third-order valence-corrected chi connectivity index (χ3v) is 3.21. The highest BCUT2D eigenvalue weighted by atomic mass is 16.5. The zero-order valence-corrected chi connectivity index (χ0v) is 14.5. The lowest BCUT2D eigenvalue weighted by atomic mass is 10.2. The van der Waals surface area contributed by atoms with Crippen LogP contribution >= 0.6 is 0 Å². The van der Waals surface area contributed by atoms with Crippen molar-refractivity contribution in [3.63, 3.8) is 0 Å². The molecule has 0 fully saturated rings. The van der Waals surface area contributed by atoms with Crippen LogP contribution in [0.4, 0.5) is 5.69 Å². The average molecular weight is 351 g/mol. The van der Waals surface area contributed by atoms with Gasteiger partial charge in [0.2, 0.25) is 11.8 Å². The molecule has 134 valence electrons. The molecule has 0 bridgehead atoms. The van der Waals surface area contributed by atoms with Crippen molar-refractivity contribution in [1.29, 1.82) is 0 Å². The minimum absolute atomic E-state index is 0.313. The molecule has 2 aromatic carbocycles. The number of hydrazone groups is 1. The topological polar surface area (TPSA) is 79.8 Å². The Morgan fingerprint density at radius 2 is 1.77 bits per heavy atom. The van der Waals surface area contributed by atoms with E-state index in [4.69, 9.17) is 4.74 Å². The number of hydrogen-bond donors (Lipinski definition) is 2. The fourth-order valence-electron chi connectivity index (χ4n) is 2.06. The van der Waals surface area contributed by atoms with E-state index < -0.39 is 11.8 Å². The number of carbonyl (C=O) groups excluding carboxylic acids is 2. The number of hydrogen-bond acceptors (Lipinski definition) is 4. The molecule has 0 saturated heterocycles. The molecule has 2 amide bonds. The van der Waals surface area contributed by atoms with Crippen LogP contribution in [0.2, 0.25) is 0 Å². The maximum atomic E-state index is 11.8. The van der Waals surface area contributed by atoms with Crippen LogP contribution < -0.4 is 15.5 Å². The van der Waals surface area contributed by atoms with Gasteiger partial charge in [-0.2, -0.15) is 5.10 Å². The number of ether oxygens (including phenoxy) is 1. The van der Waals surface area contributed by atoms with Crippen molar-refractivity contribution >= 4 is 29.8 Å². The van der Waals surface area contributed by atoms with Gasteiger partial charge in [-0.3, -0.25) is 9.59 Å². The Hall–Kier alpha value is -3.41. The van der Waals surface area contributed by atoms with Crippen molar-refractivity contribution < 1.29 is 14.3 Å². The Labute approximate surface area is 152 Å². The summed E-state index contributed by atoms with van der Waals surface area (Å²) in [5.41, 5.74) is 3.94. The molecule has 0 atom stereocenters. The number of allylic oxidation sites excluding steroid dienone is 1. The molecule has 0 spiro atoms. The lowest BCUT2D eigenvalue weighted by molar-refractivity contribution is -0.126. The first-order valence-electron chi connectivity index (χ1n) is 8.23. The van der Waals surface area contributed by atoms with Crippen LogP contribution in [-0.2, 0) is 9.59 Å². The summed E-state index contributed by atoms with van der Waals surface area (Å²) >= 11 is 0. The predicted octanol–water partition coefficient (Wildman–Crippen LogP) is 3.23. The number of anilines is 1. The third kappa shape index (κ3) is 7.00. The van der Waals surface area contributed by atoms with Crippen molar-refractivity contribution in [2.24, 2.45) is 5.10 Å². The second kappa shape index (κ2) is 10.5. The first-order valence-corrected chi connectivity index (χ1v) is 8.23. The molecule has 0 heterocycles. The van der Waals surface area contributed by atoms with Gasteiger partial charge in [0.1, 0.15) is 12.2 Å². The van der Waals surface area contributed by atoms with Crippen LogP contribution in [0.25, 0.3) is 6.08 Å². The molecule has 0 unspecified atom stereocenters. The van der Waals surface area contributed by atoms with E-state index in [0.29, 0.717) is 12.3 Å². The second-order valence-electron chi connectivity index (χ2n) is 5.27. The fourth-order valence-corrected chi connectivity index (χ4v) is 2.06. The summed E-state index contributed by atoms with van der Waals surface area (Å²) in [5, 5.41) is 6.41. The molecule has 0 aliphatic rings. The fraction of sp³-hybridized carbons (Fsp3) is 0.150. The highest BCUT2D eigenvalue weighted by molar-refractivity contribution is 6.03. The maximum Gasteiger partial charge on any atom is 0.249 e. The minimum atomic E-state index is -0.488. The summed E-state index contributed by atoms with van der Waals surface area (Å²) in [4.78, 5) is 23.5. The molecular formula is C20H21N3O3. The summed E-state index contributed by atoms with van der Waals surface area (Å²) in [5.74, 6) is -0.180. The van der Waals surface area contributed by atoms with Gasteiger partial charge in [-0.25, -0.2) is 5.43 Å². The van der Waals surface area contributed by atoms with Gasteiger partial charge in [-0.1, -0.05) is 36.4 Å². The Balaban J connectivity index is 1.72. The van der Waals surface area contributed by atoms with Crippen molar-refractivity contribution in [2.45, 2.75) is 13.3 Å². The molecule has 26 heavy (non-hydrogen) atoms. The van der Waals surface area contributed by atoms with Gasteiger partial charge in [0.25, 0.3) is 0 Å². The largest absolute Gasteiger partial charge is 0.494 e. The molecule has 2 N–H and O–H groups in total. The monoisotopic (exact) mass is 351 g/mol. The number of benzene rings is 2. The number of rotatable bonds is 8. The van der Waals surface area contributed by atoms with E-state index >= 15 is 0 Å². The van der Waals surface area contributed by atoms with Crippen LogP contribution in [0.5, 0.6) is 5.75 Å². The zero-order chi connectivity index (χ0) is 18.6. The van der Waals surface area contributed by atoms with Gasteiger partial charge in [-0.15, -0.1) is 0 Å². The Morgan fingerprint density at radius 3 is 2.46 bits per heavy atom. The number of amides is 2. The number of nitrogens with zero attached hydrogens (tertiary/aromatic N) is 1. The van der Waals surface area contributed by atoms with E-state index in [1.165, 1.54) is 6.21 Å². The minimum Gasteiger partial charge on any atom is -0.494 e. The summed E-state index contributed by atoms with van der Waals surface area (Å²) in [6.45, 7) is 2.47. The molecule has 6 nitrogen and oxygen atoms in total. The summed E-state index contributed by atoms with van der Waals surface area (Å²) in [6, 6.07) is 16.6. The highest BCUT2D eigenvalue weighted by Gasteiger charge is 2.08. The van der Waals surface area contributed by atoms with E-state index in [9.17, 15) is 9.59 Å². The SMILES string of the molecule is CCOc1ccc(NC(=O)CC(=O)NN=CC=Cc2ccccc2)cc1. The van der Waals surface area contributed by atoms with E-state index in [-0.39, 0.29) is 6.42 Å². The Kier molecular flexibility index (Phi) is 7.61. The maximum absolute atomic E-state index is 11.8. The van der Waals surface area contributed by atoms with Crippen LogP contribution in [0.3, 0.4) is 0 Å². The number of carbonyl (C=O) groups is 2. The number of nitrogens with one attached hydrogen (secondary N) is 2. The molecule has 0 saturated carbocycles. The molecular weight excluding hydrogens is 330 g/mol. The molecule has 6 heteroatoms.